The average Bonchev–Trinajstić information content (AvgIpc) is 2.62. The van der Waals surface area contributed by atoms with Gasteiger partial charge >= 0.3 is 0 Å². The van der Waals surface area contributed by atoms with E-state index in [2.05, 4.69) is 5.32 Å². The summed E-state index contributed by atoms with van der Waals surface area (Å²) in [5.74, 6) is 0.511. The van der Waals surface area contributed by atoms with Gasteiger partial charge in [-0.1, -0.05) is 6.07 Å². The maximum absolute atomic E-state index is 12.4. The lowest BCUT2D eigenvalue weighted by Crippen LogP contribution is -2.36. The molecule has 6 heteroatoms. The molecule has 0 aliphatic heterocycles. The van der Waals surface area contributed by atoms with Gasteiger partial charge in [-0.3, -0.25) is 14.5 Å². The van der Waals surface area contributed by atoms with Gasteiger partial charge in [-0.05, 0) is 49.2 Å². The van der Waals surface area contributed by atoms with E-state index in [4.69, 9.17) is 9.47 Å². The first-order valence-corrected chi connectivity index (χ1v) is 8.23. The Bertz CT molecular complexity index is 817. The number of nitrogens with one attached hydrogen (secondary N) is 1. The van der Waals surface area contributed by atoms with Gasteiger partial charge in [0.2, 0.25) is 11.8 Å². The Hall–Kier alpha value is -3.02. The molecule has 26 heavy (non-hydrogen) atoms. The van der Waals surface area contributed by atoms with Crippen LogP contribution in [-0.4, -0.2) is 32.6 Å². The molecule has 0 bridgehead atoms. The van der Waals surface area contributed by atoms with Crippen molar-refractivity contribution in [2.45, 2.75) is 20.8 Å². The fraction of sp³-hybridized carbons (Fsp3) is 0.300. The monoisotopic (exact) mass is 356 g/mol. The topological polar surface area (TPSA) is 67.9 Å². The highest BCUT2D eigenvalue weighted by Gasteiger charge is 2.20. The smallest absolute Gasteiger partial charge is 0.244 e. The van der Waals surface area contributed by atoms with Crippen molar-refractivity contribution >= 4 is 23.2 Å². The maximum atomic E-state index is 12.4. The summed E-state index contributed by atoms with van der Waals surface area (Å²) in [6.07, 6.45) is 0. The zero-order valence-corrected chi connectivity index (χ0v) is 15.8. The number of methoxy groups -OCH3 is 2. The lowest BCUT2D eigenvalue weighted by Gasteiger charge is -2.23. The van der Waals surface area contributed by atoms with E-state index in [0.29, 0.717) is 22.9 Å². The highest BCUT2D eigenvalue weighted by atomic mass is 16.5. The molecule has 0 fully saturated rings. The second-order valence-electron chi connectivity index (χ2n) is 5.99. The van der Waals surface area contributed by atoms with Crippen LogP contribution in [0.5, 0.6) is 11.5 Å². The van der Waals surface area contributed by atoms with Crippen molar-refractivity contribution in [3.05, 3.63) is 47.5 Å². The molecule has 0 saturated carbocycles. The van der Waals surface area contributed by atoms with E-state index in [-0.39, 0.29) is 18.4 Å². The van der Waals surface area contributed by atoms with Crippen LogP contribution < -0.4 is 19.7 Å². The Labute approximate surface area is 153 Å². The molecule has 138 valence electrons. The summed E-state index contributed by atoms with van der Waals surface area (Å²) in [6.45, 7) is 5.28. The van der Waals surface area contributed by atoms with Gasteiger partial charge in [0.15, 0.2) is 0 Å². The van der Waals surface area contributed by atoms with Gasteiger partial charge in [-0.2, -0.15) is 0 Å². The third kappa shape index (κ3) is 4.53. The second kappa shape index (κ2) is 8.38. The molecule has 0 spiro atoms. The van der Waals surface area contributed by atoms with Crippen molar-refractivity contribution in [2.75, 3.05) is 31.0 Å². The van der Waals surface area contributed by atoms with Crippen molar-refractivity contribution in [1.82, 2.24) is 0 Å². The number of benzene rings is 2. The highest BCUT2D eigenvalue weighted by molar-refractivity contribution is 6.02. The SMILES string of the molecule is COc1ccc(N(CC(=O)Nc2ccc(C)c(C)c2)C(C)=O)c(OC)c1. The largest absolute Gasteiger partial charge is 0.497 e. The summed E-state index contributed by atoms with van der Waals surface area (Å²) in [4.78, 5) is 25.9. The normalized spacial score (nSPS) is 10.2. The Morgan fingerprint density at radius 1 is 1.00 bits per heavy atom. The van der Waals surface area contributed by atoms with E-state index >= 15 is 0 Å². The molecule has 0 atom stereocenters. The van der Waals surface area contributed by atoms with Crippen LogP contribution in [0.25, 0.3) is 0 Å². The third-order valence-corrected chi connectivity index (χ3v) is 4.15. The number of nitrogens with zero attached hydrogens (tertiary/aromatic N) is 1. The van der Waals surface area contributed by atoms with Gasteiger partial charge in [-0.25, -0.2) is 0 Å². The Morgan fingerprint density at radius 3 is 2.31 bits per heavy atom. The molecular formula is C20H24N2O4. The number of ether oxygens (including phenoxy) is 2. The van der Waals surface area contributed by atoms with Crippen LogP contribution in [0.2, 0.25) is 0 Å². The van der Waals surface area contributed by atoms with Crippen LogP contribution in [0.4, 0.5) is 11.4 Å². The first-order chi connectivity index (χ1) is 12.3. The molecule has 2 amide bonds. The summed E-state index contributed by atoms with van der Waals surface area (Å²) >= 11 is 0. The van der Waals surface area contributed by atoms with Gasteiger partial charge < -0.3 is 14.8 Å². The van der Waals surface area contributed by atoms with Gasteiger partial charge in [0.25, 0.3) is 0 Å². The molecular weight excluding hydrogens is 332 g/mol. The van der Waals surface area contributed by atoms with E-state index < -0.39 is 0 Å². The predicted molar refractivity (Wildman–Crippen MR) is 102 cm³/mol. The Balaban J connectivity index is 2.21. The maximum Gasteiger partial charge on any atom is 0.244 e. The summed E-state index contributed by atoms with van der Waals surface area (Å²) < 4.78 is 10.5. The minimum atomic E-state index is -0.290. The molecule has 6 nitrogen and oxygen atoms in total. The molecule has 2 rings (SSSR count). The summed E-state index contributed by atoms with van der Waals surface area (Å²) in [6, 6.07) is 10.8. The molecule has 0 aliphatic carbocycles. The highest BCUT2D eigenvalue weighted by Crippen LogP contribution is 2.32. The van der Waals surface area contributed by atoms with Crippen LogP contribution in [0.3, 0.4) is 0 Å². The summed E-state index contributed by atoms with van der Waals surface area (Å²) in [5.41, 5.74) is 3.44. The van der Waals surface area contributed by atoms with Crippen molar-refractivity contribution in [2.24, 2.45) is 0 Å². The quantitative estimate of drug-likeness (QED) is 0.862. The van der Waals surface area contributed by atoms with Crippen LogP contribution >= 0.6 is 0 Å². The first kappa shape index (κ1) is 19.3. The van der Waals surface area contributed by atoms with Crippen molar-refractivity contribution in [3.8, 4) is 11.5 Å². The first-order valence-electron chi connectivity index (χ1n) is 8.23. The molecule has 0 saturated heterocycles. The molecule has 0 unspecified atom stereocenters. The van der Waals surface area contributed by atoms with Crippen molar-refractivity contribution in [3.63, 3.8) is 0 Å². The number of hydrogen-bond donors (Lipinski definition) is 1. The van der Waals surface area contributed by atoms with Crippen LogP contribution in [-0.2, 0) is 9.59 Å². The Morgan fingerprint density at radius 2 is 1.73 bits per heavy atom. The number of hydrogen-bond acceptors (Lipinski definition) is 4. The Kier molecular flexibility index (Phi) is 6.22. The van der Waals surface area contributed by atoms with Crippen LogP contribution in [0.15, 0.2) is 36.4 Å². The number of anilines is 2. The minimum absolute atomic E-state index is 0.120. The summed E-state index contributed by atoms with van der Waals surface area (Å²) in [7, 11) is 3.06. The lowest BCUT2D eigenvalue weighted by atomic mass is 10.1. The van der Waals surface area contributed by atoms with E-state index in [1.54, 1.807) is 25.3 Å². The molecule has 2 aromatic carbocycles. The number of carbonyl (C=O) groups is 2. The molecule has 0 aromatic heterocycles. The van der Waals surface area contributed by atoms with Crippen molar-refractivity contribution < 1.29 is 19.1 Å². The van der Waals surface area contributed by atoms with E-state index in [1.807, 2.05) is 32.0 Å². The molecule has 0 heterocycles. The van der Waals surface area contributed by atoms with Gasteiger partial charge in [0.1, 0.15) is 18.0 Å². The number of rotatable bonds is 6. The fourth-order valence-corrected chi connectivity index (χ4v) is 2.54. The standard InChI is InChI=1S/C20H24N2O4/c1-13-6-7-16(10-14(13)2)21-20(24)12-22(15(3)23)18-9-8-17(25-4)11-19(18)26-5/h6-11H,12H2,1-5H3,(H,21,24). The number of carbonyl (C=O) groups excluding carboxylic acids is 2. The molecule has 0 radical (unpaired) electrons. The number of aryl methyl sites for hydroxylation is 2. The van der Waals surface area contributed by atoms with Gasteiger partial charge in [0, 0.05) is 18.7 Å². The van der Waals surface area contributed by atoms with Gasteiger partial charge in [-0.15, -0.1) is 0 Å². The molecule has 0 aliphatic rings. The van der Waals surface area contributed by atoms with Gasteiger partial charge in [0.05, 0.1) is 19.9 Å². The van der Waals surface area contributed by atoms with Crippen LogP contribution in [0.1, 0.15) is 18.1 Å². The van der Waals surface area contributed by atoms with Crippen LogP contribution in [0, 0.1) is 13.8 Å². The minimum Gasteiger partial charge on any atom is -0.497 e. The predicted octanol–water partition coefficient (Wildman–Crippen LogP) is 3.31. The average molecular weight is 356 g/mol. The molecule has 2 aromatic rings. The zero-order valence-electron chi connectivity index (χ0n) is 15.8. The summed E-state index contributed by atoms with van der Waals surface area (Å²) in [5, 5.41) is 2.83. The second-order valence-corrected chi connectivity index (χ2v) is 5.99. The molecule has 1 N–H and O–H groups in total. The zero-order chi connectivity index (χ0) is 19.3. The van der Waals surface area contributed by atoms with E-state index in [9.17, 15) is 9.59 Å². The van der Waals surface area contributed by atoms with Crippen molar-refractivity contribution in [1.29, 1.82) is 0 Å². The lowest BCUT2D eigenvalue weighted by molar-refractivity contribution is -0.120. The van der Waals surface area contributed by atoms with E-state index in [1.165, 1.54) is 18.9 Å². The van der Waals surface area contributed by atoms with E-state index in [0.717, 1.165) is 11.1 Å². The number of amides is 2. The fourth-order valence-electron chi connectivity index (χ4n) is 2.54. The third-order valence-electron chi connectivity index (χ3n) is 4.15.